The van der Waals surface area contributed by atoms with Crippen LogP contribution in [0.25, 0.3) is 0 Å². The van der Waals surface area contributed by atoms with Gasteiger partial charge in [0.2, 0.25) is 0 Å². The van der Waals surface area contributed by atoms with Crippen LogP contribution in [0.3, 0.4) is 0 Å². The summed E-state index contributed by atoms with van der Waals surface area (Å²) in [5.41, 5.74) is 0. The highest BCUT2D eigenvalue weighted by atomic mass is 19.1. The Bertz CT molecular complexity index is 365. The lowest BCUT2D eigenvalue weighted by atomic mass is 10.2. The molecule has 1 atom stereocenters. The third-order valence-electron chi connectivity index (χ3n) is 2.77. The molecule has 0 aromatic carbocycles. The Balaban J connectivity index is 2.80. The molecule has 1 heterocycles. The molecular weight excluding hydrogens is 227 g/mol. The highest BCUT2D eigenvalue weighted by Gasteiger charge is 2.22. The maximum atomic E-state index is 13.0. The molecule has 0 radical (unpaired) electrons. The monoisotopic (exact) mass is 244 g/mol. The van der Waals surface area contributed by atoms with E-state index >= 15 is 0 Å². The Morgan fingerprint density at radius 1 is 1.59 bits per heavy atom. The number of halogens is 1. The number of hydrogen-bond donors (Lipinski definition) is 0. The molecule has 1 aromatic heterocycles. The lowest BCUT2D eigenvalue weighted by Gasteiger charge is -2.26. The van der Waals surface area contributed by atoms with Crippen molar-refractivity contribution in [1.82, 2.24) is 14.5 Å². The molecule has 0 aliphatic heterocycles. The van der Waals surface area contributed by atoms with Crippen LogP contribution in [-0.4, -0.2) is 45.2 Å². The summed E-state index contributed by atoms with van der Waals surface area (Å²) in [6, 6.07) is -0.349. The van der Waals surface area contributed by atoms with Crippen LogP contribution < -0.4 is 0 Å². The van der Waals surface area contributed by atoms with E-state index in [9.17, 15) is 14.5 Å². The minimum Gasteiger partial charge on any atom is -0.390 e. The second kappa shape index (κ2) is 6.29. The molecule has 6 nitrogen and oxygen atoms in total. The van der Waals surface area contributed by atoms with E-state index in [1.807, 2.05) is 18.7 Å². The summed E-state index contributed by atoms with van der Waals surface area (Å²) in [7, 11) is 0. The molecule has 0 saturated heterocycles. The van der Waals surface area contributed by atoms with E-state index in [2.05, 4.69) is 4.98 Å². The van der Waals surface area contributed by atoms with Gasteiger partial charge >= 0.3 is 5.95 Å². The molecule has 0 N–H and O–H groups in total. The van der Waals surface area contributed by atoms with Crippen molar-refractivity contribution in [2.75, 3.05) is 19.8 Å². The number of aromatic nitrogens is 2. The molecule has 0 fully saturated rings. The molecule has 1 rings (SSSR count). The van der Waals surface area contributed by atoms with Crippen LogP contribution in [0.5, 0.6) is 0 Å². The van der Waals surface area contributed by atoms with Crippen LogP contribution >= 0.6 is 0 Å². The molecule has 1 aromatic rings. The van der Waals surface area contributed by atoms with E-state index < -0.39 is 11.6 Å². The van der Waals surface area contributed by atoms with E-state index in [0.29, 0.717) is 13.1 Å². The zero-order chi connectivity index (χ0) is 12.8. The average Bonchev–Trinajstić information content (AvgIpc) is 2.77. The summed E-state index contributed by atoms with van der Waals surface area (Å²) in [5, 5.41) is 10.7. The van der Waals surface area contributed by atoms with Gasteiger partial charge in [-0.15, -0.1) is 0 Å². The van der Waals surface area contributed by atoms with Gasteiger partial charge in [0.05, 0.1) is 12.6 Å². The number of nitro groups is 1. The SMILES string of the molecule is CCN(CC)C(CF)Cn1ccnc1[N+](=O)[O-]. The lowest BCUT2D eigenvalue weighted by Crippen LogP contribution is -2.39. The van der Waals surface area contributed by atoms with Crippen LogP contribution in [0.4, 0.5) is 10.3 Å². The van der Waals surface area contributed by atoms with Gasteiger partial charge in [-0.05, 0) is 18.0 Å². The first-order chi connectivity index (χ1) is 8.13. The lowest BCUT2D eigenvalue weighted by molar-refractivity contribution is -0.396. The number of alkyl halides is 1. The van der Waals surface area contributed by atoms with Crippen molar-refractivity contribution < 1.29 is 9.31 Å². The largest absolute Gasteiger partial charge is 0.434 e. The predicted octanol–water partition coefficient (Wildman–Crippen LogP) is 1.47. The zero-order valence-electron chi connectivity index (χ0n) is 10.0. The van der Waals surface area contributed by atoms with Gasteiger partial charge in [-0.2, -0.15) is 0 Å². The second-order valence-corrected chi connectivity index (χ2v) is 3.67. The molecule has 96 valence electrons. The summed E-state index contributed by atoms with van der Waals surface area (Å²) in [6.07, 6.45) is 2.86. The third-order valence-corrected chi connectivity index (χ3v) is 2.77. The Kier molecular flexibility index (Phi) is 5.02. The van der Waals surface area contributed by atoms with E-state index in [1.54, 1.807) is 0 Å². The first-order valence-electron chi connectivity index (χ1n) is 5.59. The van der Waals surface area contributed by atoms with Gasteiger partial charge < -0.3 is 10.1 Å². The molecule has 0 saturated carbocycles. The summed E-state index contributed by atoms with van der Waals surface area (Å²) in [6.45, 7) is 5.02. The fourth-order valence-electron chi connectivity index (χ4n) is 1.84. The van der Waals surface area contributed by atoms with Gasteiger partial charge in [0.15, 0.2) is 0 Å². The van der Waals surface area contributed by atoms with Gasteiger partial charge in [0.25, 0.3) is 0 Å². The van der Waals surface area contributed by atoms with E-state index in [-0.39, 0.29) is 18.5 Å². The quantitative estimate of drug-likeness (QED) is 0.538. The van der Waals surface area contributed by atoms with E-state index in [0.717, 1.165) is 0 Å². The standard InChI is InChI=1S/C10H17FN4O2/c1-3-13(4-2)9(7-11)8-14-6-5-12-10(14)15(16)17/h5-6,9H,3-4,7-8H2,1-2H3. The third kappa shape index (κ3) is 3.23. The van der Waals surface area contributed by atoms with Crippen molar-refractivity contribution in [1.29, 1.82) is 0 Å². The number of rotatable bonds is 7. The van der Waals surface area contributed by atoms with E-state index in [1.165, 1.54) is 17.0 Å². The van der Waals surface area contributed by atoms with Crippen LogP contribution in [0.1, 0.15) is 13.8 Å². The molecule has 1 unspecified atom stereocenters. The van der Waals surface area contributed by atoms with Crippen LogP contribution in [0.2, 0.25) is 0 Å². The number of likely N-dealkylation sites (N-methyl/N-ethyl adjacent to an activating group) is 1. The summed E-state index contributed by atoms with van der Waals surface area (Å²) < 4.78 is 14.3. The highest BCUT2D eigenvalue weighted by molar-refractivity contribution is 5.06. The van der Waals surface area contributed by atoms with Crippen molar-refractivity contribution in [3.63, 3.8) is 0 Å². The molecule has 17 heavy (non-hydrogen) atoms. The minimum absolute atomic E-state index is 0.240. The Morgan fingerprint density at radius 2 is 2.24 bits per heavy atom. The Hall–Kier alpha value is -1.50. The molecule has 0 bridgehead atoms. The smallest absolute Gasteiger partial charge is 0.390 e. The normalized spacial score (nSPS) is 12.9. The number of hydrogen-bond acceptors (Lipinski definition) is 4. The van der Waals surface area contributed by atoms with Crippen molar-refractivity contribution in [3.8, 4) is 0 Å². The van der Waals surface area contributed by atoms with Crippen molar-refractivity contribution in [2.45, 2.75) is 26.4 Å². The summed E-state index contributed by atoms with van der Waals surface area (Å²) >= 11 is 0. The highest BCUT2D eigenvalue weighted by Crippen LogP contribution is 2.11. The molecule has 0 aliphatic rings. The summed E-state index contributed by atoms with van der Waals surface area (Å²) in [4.78, 5) is 15.7. The predicted molar refractivity (Wildman–Crippen MR) is 61.6 cm³/mol. The fraction of sp³-hybridized carbons (Fsp3) is 0.700. The van der Waals surface area contributed by atoms with Gasteiger partial charge in [0, 0.05) is 0 Å². The zero-order valence-corrected chi connectivity index (χ0v) is 10.0. The topological polar surface area (TPSA) is 64.2 Å². The van der Waals surface area contributed by atoms with Gasteiger partial charge in [-0.1, -0.05) is 18.8 Å². The summed E-state index contributed by atoms with van der Waals surface area (Å²) in [5.74, 6) is -0.240. The van der Waals surface area contributed by atoms with Crippen LogP contribution in [-0.2, 0) is 6.54 Å². The molecule has 0 aliphatic carbocycles. The van der Waals surface area contributed by atoms with Crippen molar-refractivity contribution in [3.05, 3.63) is 22.5 Å². The maximum absolute atomic E-state index is 13.0. The number of imidazole rings is 1. The molecular formula is C10H17FN4O2. The Morgan fingerprint density at radius 3 is 2.71 bits per heavy atom. The molecule has 0 amide bonds. The van der Waals surface area contributed by atoms with Crippen LogP contribution in [0.15, 0.2) is 12.4 Å². The van der Waals surface area contributed by atoms with E-state index in [4.69, 9.17) is 0 Å². The van der Waals surface area contributed by atoms with Gasteiger partial charge in [0.1, 0.15) is 19.1 Å². The molecule has 7 heteroatoms. The first kappa shape index (κ1) is 13.6. The maximum Gasteiger partial charge on any atom is 0.434 e. The fourth-order valence-corrected chi connectivity index (χ4v) is 1.84. The van der Waals surface area contributed by atoms with Gasteiger partial charge in [-0.25, -0.2) is 8.96 Å². The van der Waals surface area contributed by atoms with Crippen molar-refractivity contribution in [2.24, 2.45) is 0 Å². The minimum atomic E-state index is -0.558. The van der Waals surface area contributed by atoms with Crippen LogP contribution in [0, 0.1) is 10.1 Å². The number of nitrogens with zero attached hydrogens (tertiary/aromatic N) is 4. The first-order valence-corrected chi connectivity index (χ1v) is 5.59. The van der Waals surface area contributed by atoms with Gasteiger partial charge in [-0.3, -0.25) is 4.90 Å². The Labute approximate surface area is 99.2 Å². The second-order valence-electron chi connectivity index (χ2n) is 3.67. The van der Waals surface area contributed by atoms with Crippen molar-refractivity contribution >= 4 is 5.95 Å². The molecule has 0 spiro atoms. The average molecular weight is 244 g/mol.